The van der Waals surface area contributed by atoms with Gasteiger partial charge < -0.3 is 14.4 Å². The van der Waals surface area contributed by atoms with Crippen LogP contribution in [0.1, 0.15) is 20.3 Å². The van der Waals surface area contributed by atoms with Crippen LogP contribution in [-0.4, -0.2) is 67.2 Å². The molecule has 2 heterocycles. The summed E-state index contributed by atoms with van der Waals surface area (Å²) >= 11 is 0. The van der Waals surface area contributed by atoms with E-state index >= 15 is 0 Å². The zero-order valence-electron chi connectivity index (χ0n) is 15.3. The van der Waals surface area contributed by atoms with Crippen LogP contribution in [0.3, 0.4) is 0 Å². The predicted octanol–water partition coefficient (Wildman–Crippen LogP) is 2.30. The number of hydrogen-bond donors (Lipinski definition) is 0. The number of carbonyl (C=O) groups is 1. The summed E-state index contributed by atoms with van der Waals surface area (Å²) in [6.45, 7) is 7.75. The summed E-state index contributed by atoms with van der Waals surface area (Å²) in [4.78, 5) is 16.5. The number of likely N-dealkylation sites (tertiary alicyclic amines) is 1. The van der Waals surface area contributed by atoms with Crippen molar-refractivity contribution in [2.45, 2.75) is 32.4 Å². The van der Waals surface area contributed by atoms with Crippen molar-refractivity contribution < 1.29 is 23.0 Å². The quantitative estimate of drug-likeness (QED) is 0.818. The highest BCUT2D eigenvalue weighted by Gasteiger charge is 2.35. The van der Waals surface area contributed by atoms with Crippen molar-refractivity contribution in [2.24, 2.45) is 5.92 Å². The molecule has 0 N–H and O–H groups in total. The molecule has 1 aromatic rings. The Labute approximate surface area is 152 Å². The van der Waals surface area contributed by atoms with Gasteiger partial charge in [0.2, 0.25) is 0 Å². The fourth-order valence-electron chi connectivity index (χ4n) is 3.59. The topological polar surface area (TPSA) is 42.0 Å². The van der Waals surface area contributed by atoms with Gasteiger partial charge in [-0.2, -0.15) is 0 Å². The first-order valence-electron chi connectivity index (χ1n) is 9.15. The Hall–Kier alpha value is -1.73. The SMILES string of the molecule is CC(C)N1CCOC2CN(C(=O)COc3cc(F)ccc3F)CCC2C1. The van der Waals surface area contributed by atoms with Crippen molar-refractivity contribution in [1.82, 2.24) is 9.80 Å². The number of piperidine rings is 1. The number of ether oxygens (including phenoxy) is 2. The second kappa shape index (κ2) is 8.31. The molecule has 2 aliphatic heterocycles. The lowest BCUT2D eigenvalue weighted by Gasteiger charge is -2.38. The van der Waals surface area contributed by atoms with Crippen LogP contribution in [0.4, 0.5) is 8.78 Å². The average molecular weight is 368 g/mol. The third kappa shape index (κ3) is 4.51. The molecule has 26 heavy (non-hydrogen) atoms. The zero-order chi connectivity index (χ0) is 18.7. The molecule has 2 saturated heterocycles. The molecule has 0 radical (unpaired) electrons. The third-order valence-corrected chi connectivity index (χ3v) is 5.20. The van der Waals surface area contributed by atoms with Crippen LogP contribution >= 0.6 is 0 Å². The van der Waals surface area contributed by atoms with E-state index in [0.29, 0.717) is 31.7 Å². The van der Waals surface area contributed by atoms with Crippen molar-refractivity contribution in [3.63, 3.8) is 0 Å². The Bertz CT molecular complexity index is 641. The van der Waals surface area contributed by atoms with Crippen molar-refractivity contribution >= 4 is 5.91 Å². The Kier molecular flexibility index (Phi) is 6.09. The highest BCUT2D eigenvalue weighted by Crippen LogP contribution is 2.25. The highest BCUT2D eigenvalue weighted by atomic mass is 19.1. The van der Waals surface area contributed by atoms with Gasteiger partial charge in [0.15, 0.2) is 18.2 Å². The van der Waals surface area contributed by atoms with Gasteiger partial charge in [0.25, 0.3) is 5.91 Å². The highest BCUT2D eigenvalue weighted by molar-refractivity contribution is 5.78. The van der Waals surface area contributed by atoms with E-state index in [0.717, 1.165) is 37.7 Å². The number of benzene rings is 1. The Morgan fingerprint density at radius 3 is 2.88 bits per heavy atom. The molecule has 0 spiro atoms. The average Bonchev–Trinajstić information content (AvgIpc) is 2.84. The van der Waals surface area contributed by atoms with Crippen LogP contribution in [0, 0.1) is 17.6 Å². The van der Waals surface area contributed by atoms with Gasteiger partial charge in [-0.3, -0.25) is 9.69 Å². The third-order valence-electron chi connectivity index (χ3n) is 5.20. The Morgan fingerprint density at radius 1 is 1.31 bits per heavy atom. The van der Waals surface area contributed by atoms with Gasteiger partial charge >= 0.3 is 0 Å². The number of carbonyl (C=O) groups excluding carboxylic acids is 1. The molecule has 2 fully saturated rings. The summed E-state index contributed by atoms with van der Waals surface area (Å²) in [7, 11) is 0. The standard InChI is InChI=1S/C19H26F2N2O3/c1-13(2)22-7-8-25-18-11-23(6-5-14(18)10-22)19(24)12-26-17-9-15(20)3-4-16(17)21/h3-4,9,13-14,18H,5-8,10-12H2,1-2H3. The largest absolute Gasteiger partial charge is 0.481 e. The molecule has 2 unspecified atom stereocenters. The molecular weight excluding hydrogens is 342 g/mol. The molecule has 3 rings (SSSR count). The first-order chi connectivity index (χ1) is 12.4. The molecule has 144 valence electrons. The van der Waals surface area contributed by atoms with Crippen molar-refractivity contribution in [3.05, 3.63) is 29.8 Å². The van der Waals surface area contributed by atoms with Crippen LogP contribution in [0.25, 0.3) is 0 Å². The minimum atomic E-state index is -0.682. The van der Waals surface area contributed by atoms with E-state index in [1.54, 1.807) is 4.90 Å². The van der Waals surface area contributed by atoms with Crippen LogP contribution in [0.5, 0.6) is 5.75 Å². The van der Waals surface area contributed by atoms with Crippen molar-refractivity contribution in [3.8, 4) is 5.75 Å². The molecular formula is C19H26F2N2O3. The molecule has 0 bridgehead atoms. The van der Waals surface area contributed by atoms with Crippen LogP contribution < -0.4 is 4.74 Å². The maximum Gasteiger partial charge on any atom is 0.260 e. The van der Waals surface area contributed by atoms with Crippen LogP contribution in [-0.2, 0) is 9.53 Å². The summed E-state index contributed by atoms with van der Waals surface area (Å²) in [5, 5.41) is 0. The fourth-order valence-corrected chi connectivity index (χ4v) is 3.59. The van der Waals surface area contributed by atoms with E-state index in [1.807, 2.05) is 0 Å². The summed E-state index contributed by atoms with van der Waals surface area (Å²) in [5.41, 5.74) is 0. The second-order valence-electron chi connectivity index (χ2n) is 7.25. The lowest BCUT2D eigenvalue weighted by Crippen LogP contribution is -2.50. The fraction of sp³-hybridized carbons (Fsp3) is 0.632. The van der Waals surface area contributed by atoms with E-state index in [4.69, 9.17) is 9.47 Å². The molecule has 1 amide bonds. The van der Waals surface area contributed by atoms with E-state index < -0.39 is 11.6 Å². The van der Waals surface area contributed by atoms with Gasteiger partial charge in [-0.05, 0) is 32.4 Å². The van der Waals surface area contributed by atoms with E-state index in [1.165, 1.54) is 0 Å². The summed E-state index contributed by atoms with van der Waals surface area (Å²) in [6.07, 6.45) is 0.885. The number of halogens is 2. The minimum absolute atomic E-state index is 0.0161. The van der Waals surface area contributed by atoms with Gasteiger partial charge in [0.1, 0.15) is 5.82 Å². The second-order valence-corrected chi connectivity index (χ2v) is 7.25. The van der Waals surface area contributed by atoms with Gasteiger partial charge in [-0.15, -0.1) is 0 Å². The summed E-state index contributed by atoms with van der Waals surface area (Å²) in [6, 6.07) is 3.43. The molecule has 2 aliphatic rings. The van der Waals surface area contributed by atoms with E-state index in [-0.39, 0.29) is 24.4 Å². The molecule has 1 aromatic carbocycles. The monoisotopic (exact) mass is 368 g/mol. The molecule has 0 saturated carbocycles. The van der Waals surface area contributed by atoms with E-state index in [2.05, 4.69) is 18.7 Å². The summed E-state index contributed by atoms with van der Waals surface area (Å²) in [5.74, 6) is -1.35. The lowest BCUT2D eigenvalue weighted by atomic mass is 9.93. The lowest BCUT2D eigenvalue weighted by molar-refractivity contribution is -0.139. The Balaban J connectivity index is 1.54. The normalized spacial score (nSPS) is 24.3. The smallest absolute Gasteiger partial charge is 0.260 e. The maximum atomic E-state index is 13.6. The van der Waals surface area contributed by atoms with Crippen molar-refractivity contribution in [1.29, 1.82) is 0 Å². The molecule has 0 aromatic heterocycles. The number of amides is 1. The Morgan fingerprint density at radius 2 is 2.12 bits per heavy atom. The van der Waals surface area contributed by atoms with Gasteiger partial charge in [-0.1, -0.05) is 0 Å². The number of hydrogen-bond acceptors (Lipinski definition) is 4. The van der Waals surface area contributed by atoms with Gasteiger partial charge in [0.05, 0.1) is 12.7 Å². The van der Waals surface area contributed by atoms with Gasteiger partial charge in [0, 0.05) is 44.2 Å². The zero-order valence-corrected chi connectivity index (χ0v) is 15.3. The predicted molar refractivity (Wildman–Crippen MR) is 93.0 cm³/mol. The molecule has 7 heteroatoms. The molecule has 2 atom stereocenters. The van der Waals surface area contributed by atoms with Gasteiger partial charge in [-0.25, -0.2) is 8.78 Å². The minimum Gasteiger partial charge on any atom is -0.481 e. The van der Waals surface area contributed by atoms with Crippen LogP contribution in [0.2, 0.25) is 0 Å². The number of rotatable bonds is 4. The number of nitrogens with zero attached hydrogens (tertiary/aromatic N) is 2. The first kappa shape index (κ1) is 19.0. The summed E-state index contributed by atoms with van der Waals surface area (Å²) < 4.78 is 37.9. The van der Waals surface area contributed by atoms with Crippen molar-refractivity contribution in [2.75, 3.05) is 39.4 Å². The molecule has 5 nitrogen and oxygen atoms in total. The number of fused-ring (bicyclic) bond motifs is 1. The first-order valence-corrected chi connectivity index (χ1v) is 9.15. The molecule has 0 aliphatic carbocycles. The maximum absolute atomic E-state index is 13.6. The van der Waals surface area contributed by atoms with E-state index in [9.17, 15) is 13.6 Å². The van der Waals surface area contributed by atoms with Crippen LogP contribution in [0.15, 0.2) is 18.2 Å².